The molecule has 0 N–H and O–H groups in total. The molecule has 0 heterocycles. The molecule has 0 saturated heterocycles. The van der Waals surface area contributed by atoms with E-state index in [1.54, 1.807) is 0 Å². The zero-order chi connectivity index (χ0) is 21.4. The van der Waals surface area contributed by atoms with Crippen molar-refractivity contribution >= 4 is 21.5 Å². The van der Waals surface area contributed by atoms with Crippen LogP contribution in [0.3, 0.4) is 0 Å². The third-order valence-electron chi connectivity index (χ3n) is 8.98. The van der Waals surface area contributed by atoms with Gasteiger partial charge < -0.3 is 0 Å². The Hall–Kier alpha value is -2.74. The van der Waals surface area contributed by atoms with Gasteiger partial charge in [-0.3, -0.25) is 0 Å². The third kappa shape index (κ3) is 2.31. The predicted molar refractivity (Wildman–Crippen MR) is 127 cm³/mol. The average molecular weight is 425 g/mol. The summed E-state index contributed by atoms with van der Waals surface area (Å²) in [5.74, 6) is 0.711. The molecule has 3 aliphatic rings. The molecule has 2 saturated carbocycles. The summed E-state index contributed by atoms with van der Waals surface area (Å²) in [6.07, 6.45) is 9.15. The van der Waals surface area contributed by atoms with Crippen LogP contribution in [0.25, 0.3) is 32.7 Å². The van der Waals surface area contributed by atoms with E-state index in [-0.39, 0.29) is 11.6 Å². The van der Waals surface area contributed by atoms with Crippen LogP contribution in [0.2, 0.25) is 0 Å². The van der Waals surface area contributed by atoms with Crippen molar-refractivity contribution in [3.05, 3.63) is 83.4 Å². The molecule has 0 radical (unpaired) electrons. The Morgan fingerprint density at radius 3 is 1.59 bits per heavy atom. The topological polar surface area (TPSA) is 0 Å². The molecule has 4 aromatic carbocycles. The maximum absolute atomic E-state index is 14.8. The summed E-state index contributed by atoms with van der Waals surface area (Å²) in [5.41, 5.74) is 5.24. The zero-order valence-electron chi connectivity index (χ0n) is 18.1. The van der Waals surface area contributed by atoms with E-state index in [2.05, 4.69) is 12.1 Å². The van der Waals surface area contributed by atoms with Gasteiger partial charge in [0.15, 0.2) is 0 Å². The molecule has 0 atom stereocenters. The maximum atomic E-state index is 14.8. The maximum Gasteiger partial charge on any atom is 0.131 e. The van der Waals surface area contributed by atoms with Crippen LogP contribution in [-0.4, -0.2) is 0 Å². The van der Waals surface area contributed by atoms with E-state index in [4.69, 9.17) is 0 Å². The highest BCUT2D eigenvalue weighted by atomic mass is 19.1. The molecule has 32 heavy (non-hydrogen) atoms. The Labute approximate surface area is 187 Å². The lowest BCUT2D eigenvalue weighted by Crippen LogP contribution is -2.41. The first-order chi connectivity index (χ1) is 15.7. The molecule has 3 aliphatic carbocycles. The van der Waals surface area contributed by atoms with Gasteiger partial charge in [-0.05, 0) is 82.2 Å². The highest BCUT2D eigenvalue weighted by molar-refractivity contribution is 6.10. The van der Waals surface area contributed by atoms with E-state index in [1.807, 2.05) is 36.4 Å². The van der Waals surface area contributed by atoms with Crippen molar-refractivity contribution in [3.8, 4) is 11.1 Å². The SMILES string of the molecule is Fc1cccc2c3c(ccc12)C(C1(C2CCCC2)CCC1)c1ccc2c(F)cccc2c1-3. The zero-order valence-corrected chi connectivity index (χ0v) is 18.1. The summed E-state index contributed by atoms with van der Waals surface area (Å²) in [6, 6.07) is 19.1. The molecule has 0 spiro atoms. The van der Waals surface area contributed by atoms with Gasteiger partial charge in [-0.15, -0.1) is 0 Å². The van der Waals surface area contributed by atoms with Gasteiger partial charge in [0.1, 0.15) is 11.6 Å². The quantitative estimate of drug-likeness (QED) is 0.302. The van der Waals surface area contributed by atoms with Gasteiger partial charge in [0, 0.05) is 16.7 Å². The normalized spacial score (nSPS) is 19.9. The molecule has 0 unspecified atom stereocenters. The van der Waals surface area contributed by atoms with Crippen molar-refractivity contribution in [3.63, 3.8) is 0 Å². The molecule has 0 aromatic heterocycles. The van der Waals surface area contributed by atoms with E-state index in [1.165, 1.54) is 68.2 Å². The van der Waals surface area contributed by atoms with Crippen molar-refractivity contribution < 1.29 is 8.78 Å². The van der Waals surface area contributed by atoms with Gasteiger partial charge in [0.25, 0.3) is 0 Å². The summed E-state index contributed by atoms with van der Waals surface area (Å²) in [7, 11) is 0. The standard InChI is InChI=1S/C30H26F2/c31-25-10-3-8-21-19(25)12-14-23-27(21)28-22-9-4-11-26(32)20(22)13-15-24(28)29(23)30(16-5-17-30)18-6-1-2-7-18/h3-4,8-15,18,29H,1-2,5-7,16-17H2. The molecule has 160 valence electrons. The number of benzene rings is 4. The highest BCUT2D eigenvalue weighted by Crippen LogP contribution is 2.67. The second kappa shape index (κ2) is 6.63. The molecule has 0 amide bonds. The first-order valence-electron chi connectivity index (χ1n) is 12.1. The van der Waals surface area contributed by atoms with Crippen molar-refractivity contribution in [1.29, 1.82) is 0 Å². The molecule has 2 heteroatoms. The summed E-state index contributed by atoms with van der Waals surface area (Å²) in [4.78, 5) is 0. The monoisotopic (exact) mass is 424 g/mol. The minimum absolute atomic E-state index is 0.184. The summed E-state index contributed by atoms with van der Waals surface area (Å²) >= 11 is 0. The Morgan fingerprint density at radius 1 is 0.594 bits per heavy atom. The molecule has 0 aliphatic heterocycles. The van der Waals surface area contributed by atoms with Gasteiger partial charge in [0.05, 0.1) is 0 Å². The van der Waals surface area contributed by atoms with Crippen LogP contribution >= 0.6 is 0 Å². The lowest BCUT2D eigenvalue weighted by Gasteiger charge is -2.52. The Bertz CT molecular complexity index is 1300. The number of hydrogen-bond acceptors (Lipinski definition) is 0. The fourth-order valence-electron chi connectivity index (χ4n) is 7.52. The van der Waals surface area contributed by atoms with E-state index < -0.39 is 0 Å². The van der Waals surface area contributed by atoms with Crippen molar-refractivity contribution in [2.24, 2.45) is 11.3 Å². The van der Waals surface area contributed by atoms with Gasteiger partial charge >= 0.3 is 0 Å². The Morgan fingerprint density at radius 2 is 1.12 bits per heavy atom. The Kier molecular flexibility index (Phi) is 3.90. The molecular weight excluding hydrogens is 398 g/mol. The minimum Gasteiger partial charge on any atom is -0.206 e. The predicted octanol–water partition coefficient (Wildman–Crippen LogP) is 8.74. The van der Waals surface area contributed by atoms with Gasteiger partial charge in [-0.1, -0.05) is 67.8 Å². The van der Waals surface area contributed by atoms with Crippen molar-refractivity contribution in [1.82, 2.24) is 0 Å². The molecule has 0 bridgehead atoms. The van der Waals surface area contributed by atoms with Gasteiger partial charge in [0.2, 0.25) is 0 Å². The second-order valence-electron chi connectivity index (χ2n) is 10.2. The summed E-state index contributed by atoms with van der Waals surface area (Å²) in [5, 5.41) is 3.25. The van der Waals surface area contributed by atoms with Crippen LogP contribution in [-0.2, 0) is 0 Å². The number of rotatable bonds is 2. The largest absolute Gasteiger partial charge is 0.206 e. The fraction of sp³-hybridized carbons (Fsp3) is 0.333. The van der Waals surface area contributed by atoms with E-state index >= 15 is 0 Å². The van der Waals surface area contributed by atoms with Gasteiger partial charge in [-0.2, -0.15) is 0 Å². The molecule has 4 aromatic rings. The van der Waals surface area contributed by atoms with Crippen LogP contribution in [0.5, 0.6) is 0 Å². The highest BCUT2D eigenvalue weighted by Gasteiger charge is 2.54. The number of halogens is 2. The van der Waals surface area contributed by atoms with Crippen LogP contribution in [0.4, 0.5) is 8.78 Å². The minimum atomic E-state index is -0.184. The molecule has 2 fully saturated rings. The summed E-state index contributed by atoms with van der Waals surface area (Å²) in [6.45, 7) is 0. The van der Waals surface area contributed by atoms with E-state index in [9.17, 15) is 8.78 Å². The third-order valence-corrected chi connectivity index (χ3v) is 8.98. The van der Waals surface area contributed by atoms with Crippen molar-refractivity contribution in [2.75, 3.05) is 0 Å². The lowest BCUT2D eigenvalue weighted by molar-refractivity contribution is 0.0335. The van der Waals surface area contributed by atoms with Crippen LogP contribution in [0.1, 0.15) is 62.0 Å². The lowest BCUT2D eigenvalue weighted by atomic mass is 9.52. The van der Waals surface area contributed by atoms with E-state index in [0.29, 0.717) is 22.1 Å². The molecule has 0 nitrogen and oxygen atoms in total. The van der Waals surface area contributed by atoms with Crippen molar-refractivity contribution in [2.45, 2.75) is 50.9 Å². The molecular formula is C30H26F2. The van der Waals surface area contributed by atoms with Crippen LogP contribution < -0.4 is 0 Å². The average Bonchev–Trinajstić information content (AvgIpc) is 3.41. The molecule has 7 rings (SSSR count). The van der Waals surface area contributed by atoms with Crippen LogP contribution in [0.15, 0.2) is 60.7 Å². The summed E-state index contributed by atoms with van der Waals surface area (Å²) < 4.78 is 29.6. The first kappa shape index (κ1) is 18.8. The number of fused-ring (bicyclic) bond motifs is 7. The smallest absolute Gasteiger partial charge is 0.131 e. The Balaban J connectivity index is 1.60. The fourth-order valence-corrected chi connectivity index (χ4v) is 7.52. The van der Waals surface area contributed by atoms with E-state index in [0.717, 1.165) is 27.8 Å². The van der Waals surface area contributed by atoms with Gasteiger partial charge in [-0.25, -0.2) is 8.78 Å². The first-order valence-corrected chi connectivity index (χ1v) is 12.1. The van der Waals surface area contributed by atoms with Crippen LogP contribution in [0, 0.1) is 23.0 Å². The number of hydrogen-bond donors (Lipinski definition) is 0. The second-order valence-corrected chi connectivity index (χ2v) is 10.2.